The predicted molar refractivity (Wildman–Crippen MR) is 140 cm³/mol. The van der Waals surface area contributed by atoms with Gasteiger partial charge < -0.3 is 14.8 Å². The molecule has 0 atom stereocenters. The zero-order valence-corrected chi connectivity index (χ0v) is 20.9. The number of pyridine rings is 1. The number of nitrogens with zero attached hydrogens (tertiary/aromatic N) is 3. The summed E-state index contributed by atoms with van der Waals surface area (Å²) in [4.78, 5) is 39.9. The fraction of sp³-hybridized carbons (Fsp3) is 0.269. The van der Waals surface area contributed by atoms with Crippen molar-refractivity contribution in [2.24, 2.45) is 0 Å². The summed E-state index contributed by atoms with van der Waals surface area (Å²) in [5.41, 5.74) is 10.0. The Balaban J connectivity index is 1.82. The van der Waals surface area contributed by atoms with Crippen LogP contribution >= 0.6 is 7.82 Å². The van der Waals surface area contributed by atoms with Gasteiger partial charge in [0.2, 0.25) is 0 Å². The van der Waals surface area contributed by atoms with E-state index in [0.29, 0.717) is 23.4 Å². The van der Waals surface area contributed by atoms with Gasteiger partial charge in [0.1, 0.15) is 17.1 Å². The average molecular weight is 509 g/mol. The van der Waals surface area contributed by atoms with Crippen molar-refractivity contribution in [1.82, 2.24) is 14.5 Å². The SMILES string of the molecule is C=CC(=O)CCc1cc(Cn2c(CCCC)nc3c(N)nc4ccccc4c32)ccc1OP(=O)(O)O. The van der Waals surface area contributed by atoms with Crippen LogP contribution in [-0.4, -0.2) is 30.1 Å². The van der Waals surface area contributed by atoms with Crippen molar-refractivity contribution < 1.29 is 23.7 Å². The Kier molecular flexibility index (Phi) is 7.54. The Morgan fingerprint density at radius 2 is 1.97 bits per heavy atom. The predicted octanol–water partition coefficient (Wildman–Crippen LogP) is 4.72. The van der Waals surface area contributed by atoms with Crippen LogP contribution in [0.15, 0.2) is 55.1 Å². The van der Waals surface area contributed by atoms with Gasteiger partial charge >= 0.3 is 7.82 Å². The van der Waals surface area contributed by atoms with E-state index in [1.54, 1.807) is 6.07 Å². The zero-order valence-electron chi connectivity index (χ0n) is 20.1. The molecule has 188 valence electrons. The average Bonchev–Trinajstić information content (AvgIpc) is 3.20. The van der Waals surface area contributed by atoms with E-state index >= 15 is 0 Å². The van der Waals surface area contributed by atoms with Gasteiger partial charge in [0.25, 0.3) is 0 Å². The number of anilines is 1. The standard InChI is InChI=1S/C26H29N4O5P/c1-3-5-10-23-29-24-25(20-8-6-7-9-21(20)28-26(24)27)30(23)16-17-11-14-22(35-36(32,33)34)18(15-17)12-13-19(31)4-2/h4,6-9,11,14-15H,2-3,5,10,12-13,16H2,1H3,(H2,27,28)(H2,32,33,34). The van der Waals surface area contributed by atoms with Crippen LogP contribution in [0, 0.1) is 0 Å². The largest absolute Gasteiger partial charge is 0.524 e. The van der Waals surface area contributed by atoms with Gasteiger partial charge in [0.15, 0.2) is 11.6 Å². The second-order valence-corrected chi connectivity index (χ2v) is 9.79. The van der Waals surface area contributed by atoms with Crippen molar-refractivity contribution >= 4 is 41.4 Å². The van der Waals surface area contributed by atoms with Crippen molar-refractivity contribution in [2.45, 2.75) is 45.6 Å². The fourth-order valence-corrected chi connectivity index (χ4v) is 4.72. The number of carbonyl (C=O) groups excluding carboxylic acids is 1. The Hall–Kier alpha value is -3.52. The number of rotatable bonds is 11. The highest BCUT2D eigenvalue weighted by Crippen LogP contribution is 2.40. The van der Waals surface area contributed by atoms with E-state index in [2.05, 4.69) is 23.1 Å². The highest BCUT2D eigenvalue weighted by molar-refractivity contribution is 7.46. The van der Waals surface area contributed by atoms with Crippen LogP contribution in [0.3, 0.4) is 0 Å². The number of para-hydroxylation sites is 1. The number of unbranched alkanes of at least 4 members (excludes halogenated alkanes) is 1. The molecule has 2 aromatic carbocycles. The summed E-state index contributed by atoms with van der Waals surface area (Å²) in [6, 6.07) is 12.9. The van der Waals surface area contributed by atoms with Gasteiger partial charge in [-0.2, -0.15) is 0 Å². The molecule has 10 heteroatoms. The quantitative estimate of drug-likeness (QED) is 0.195. The normalized spacial score (nSPS) is 11.8. The summed E-state index contributed by atoms with van der Waals surface area (Å²) < 4.78 is 18.5. The number of allylic oxidation sites excluding steroid dienone is 1. The summed E-state index contributed by atoms with van der Waals surface area (Å²) in [5, 5.41) is 0.940. The van der Waals surface area contributed by atoms with Crippen LogP contribution in [0.2, 0.25) is 0 Å². The Labute approximate surface area is 208 Å². The molecule has 36 heavy (non-hydrogen) atoms. The Morgan fingerprint density at radius 1 is 1.19 bits per heavy atom. The molecule has 0 radical (unpaired) electrons. The number of fused-ring (bicyclic) bond motifs is 3. The molecule has 0 unspecified atom stereocenters. The van der Waals surface area contributed by atoms with Gasteiger partial charge in [-0.15, -0.1) is 0 Å². The van der Waals surface area contributed by atoms with Gasteiger partial charge in [-0.25, -0.2) is 14.5 Å². The molecule has 0 spiro atoms. The molecular formula is C26H29N4O5P. The lowest BCUT2D eigenvalue weighted by atomic mass is 10.0. The highest BCUT2D eigenvalue weighted by Gasteiger charge is 2.21. The van der Waals surface area contributed by atoms with Crippen LogP contribution in [0.4, 0.5) is 5.82 Å². The lowest BCUT2D eigenvalue weighted by Gasteiger charge is -2.15. The summed E-state index contributed by atoms with van der Waals surface area (Å²) in [6.07, 6.45) is 4.36. The third kappa shape index (κ3) is 5.65. The summed E-state index contributed by atoms with van der Waals surface area (Å²) in [6.45, 7) is 6.05. The van der Waals surface area contributed by atoms with Crippen molar-refractivity contribution in [3.63, 3.8) is 0 Å². The first-order valence-corrected chi connectivity index (χ1v) is 13.3. The van der Waals surface area contributed by atoms with E-state index in [-0.39, 0.29) is 24.4 Å². The number of hydrogen-bond donors (Lipinski definition) is 3. The van der Waals surface area contributed by atoms with Crippen LogP contribution < -0.4 is 10.3 Å². The first kappa shape index (κ1) is 25.6. The molecule has 0 amide bonds. The topological polar surface area (TPSA) is 141 Å². The number of carbonyl (C=O) groups is 1. The summed E-state index contributed by atoms with van der Waals surface area (Å²) in [7, 11) is -4.77. The maximum Gasteiger partial charge on any atom is 0.524 e. The molecule has 2 aromatic heterocycles. The molecule has 0 fully saturated rings. The maximum atomic E-state index is 11.8. The molecule has 0 bridgehead atoms. The monoisotopic (exact) mass is 508 g/mol. The van der Waals surface area contributed by atoms with Gasteiger partial charge in [0, 0.05) is 24.8 Å². The molecule has 4 N–H and O–H groups in total. The molecule has 9 nitrogen and oxygen atoms in total. The number of phosphoric ester groups is 1. The molecule has 4 rings (SSSR count). The highest BCUT2D eigenvalue weighted by atomic mass is 31.2. The molecule has 4 aromatic rings. The Morgan fingerprint density at radius 3 is 2.69 bits per heavy atom. The minimum atomic E-state index is -4.77. The zero-order chi connectivity index (χ0) is 25.9. The summed E-state index contributed by atoms with van der Waals surface area (Å²) >= 11 is 0. The number of phosphoric acid groups is 1. The van der Waals surface area contributed by atoms with Crippen molar-refractivity contribution in [3.8, 4) is 5.75 Å². The van der Waals surface area contributed by atoms with E-state index < -0.39 is 7.82 Å². The lowest BCUT2D eigenvalue weighted by molar-refractivity contribution is -0.114. The van der Waals surface area contributed by atoms with Crippen molar-refractivity contribution in [3.05, 3.63) is 72.1 Å². The second kappa shape index (κ2) is 10.6. The Bertz CT molecular complexity index is 1490. The number of nitrogen functional groups attached to an aromatic ring is 1. The molecule has 0 saturated heterocycles. The first-order chi connectivity index (χ1) is 17.2. The van der Waals surface area contributed by atoms with Crippen LogP contribution in [-0.2, 0) is 28.7 Å². The van der Waals surface area contributed by atoms with E-state index in [4.69, 9.17) is 15.2 Å². The van der Waals surface area contributed by atoms with Gasteiger partial charge in [-0.1, -0.05) is 50.3 Å². The van der Waals surface area contributed by atoms with Gasteiger partial charge in [-0.3, -0.25) is 14.6 Å². The maximum absolute atomic E-state index is 11.8. The van der Waals surface area contributed by atoms with E-state index in [0.717, 1.165) is 47.1 Å². The molecule has 2 heterocycles. The van der Waals surface area contributed by atoms with Crippen molar-refractivity contribution in [2.75, 3.05) is 5.73 Å². The van der Waals surface area contributed by atoms with Crippen LogP contribution in [0.1, 0.15) is 43.1 Å². The second-order valence-electron chi connectivity index (χ2n) is 8.62. The smallest absolute Gasteiger partial charge is 0.404 e. The van der Waals surface area contributed by atoms with E-state index in [9.17, 15) is 19.1 Å². The number of imidazole rings is 1. The molecule has 0 aliphatic rings. The first-order valence-electron chi connectivity index (χ1n) is 11.8. The van der Waals surface area contributed by atoms with Crippen molar-refractivity contribution in [1.29, 1.82) is 0 Å². The number of nitrogens with two attached hydrogens (primary N) is 1. The molecule has 0 aliphatic heterocycles. The molecular weight excluding hydrogens is 479 g/mol. The number of aromatic nitrogens is 3. The number of aryl methyl sites for hydroxylation is 2. The molecule has 0 aliphatic carbocycles. The lowest BCUT2D eigenvalue weighted by Crippen LogP contribution is -2.07. The summed E-state index contributed by atoms with van der Waals surface area (Å²) in [5.74, 6) is 1.13. The molecule has 0 saturated carbocycles. The fourth-order valence-electron chi connectivity index (χ4n) is 4.29. The number of ketones is 1. The van der Waals surface area contributed by atoms with Crippen LogP contribution in [0.5, 0.6) is 5.75 Å². The van der Waals surface area contributed by atoms with Gasteiger partial charge in [-0.05, 0) is 42.2 Å². The third-order valence-corrected chi connectivity index (χ3v) is 6.43. The number of hydrogen-bond acceptors (Lipinski definition) is 6. The minimum absolute atomic E-state index is 0.0459. The van der Waals surface area contributed by atoms with Crippen LogP contribution in [0.25, 0.3) is 21.9 Å². The van der Waals surface area contributed by atoms with Gasteiger partial charge in [0.05, 0.1) is 11.0 Å². The van der Waals surface area contributed by atoms with E-state index in [1.165, 1.54) is 12.1 Å². The number of benzene rings is 2. The third-order valence-electron chi connectivity index (χ3n) is 5.99. The minimum Gasteiger partial charge on any atom is -0.404 e. The van der Waals surface area contributed by atoms with E-state index in [1.807, 2.05) is 30.3 Å².